The number of hydrogen-bond acceptors (Lipinski definition) is 6. The summed E-state index contributed by atoms with van der Waals surface area (Å²) in [6, 6.07) is 0. The summed E-state index contributed by atoms with van der Waals surface area (Å²) in [5.74, 6) is 0.704. The van der Waals surface area contributed by atoms with Crippen LogP contribution in [-0.2, 0) is 9.59 Å². The molecule has 0 spiro atoms. The number of amides is 1. The topological polar surface area (TPSA) is 63.2 Å². The number of aromatic nitrogens is 2. The second-order valence-electron chi connectivity index (χ2n) is 5.10. The first-order chi connectivity index (χ1) is 9.97. The van der Waals surface area contributed by atoms with Crippen molar-refractivity contribution in [2.45, 2.75) is 32.4 Å². The summed E-state index contributed by atoms with van der Waals surface area (Å²) in [5, 5.41) is 1.02. The van der Waals surface area contributed by atoms with E-state index >= 15 is 0 Å². The molecular formula is C14H15N3O2S2. The lowest BCUT2D eigenvalue weighted by atomic mass is 10.2. The van der Waals surface area contributed by atoms with Gasteiger partial charge in [0.1, 0.15) is 17.0 Å². The molecule has 2 aromatic heterocycles. The van der Waals surface area contributed by atoms with Crippen molar-refractivity contribution in [1.82, 2.24) is 9.97 Å². The molecule has 0 aromatic carbocycles. The minimum atomic E-state index is 0.0139. The van der Waals surface area contributed by atoms with E-state index in [1.165, 1.54) is 29.9 Å². The predicted octanol–water partition coefficient (Wildman–Crippen LogP) is 2.69. The second-order valence-corrected chi connectivity index (χ2v) is 7.78. The molecule has 1 atom stereocenters. The van der Waals surface area contributed by atoms with Gasteiger partial charge in [0.15, 0.2) is 5.12 Å². The molecule has 3 rings (SSSR count). The number of anilines is 1. The van der Waals surface area contributed by atoms with Crippen LogP contribution in [0.1, 0.15) is 23.8 Å². The maximum atomic E-state index is 12.3. The highest BCUT2D eigenvalue weighted by molar-refractivity contribution is 8.14. The molecule has 110 valence electrons. The molecule has 2 aromatic rings. The monoisotopic (exact) mass is 321 g/mol. The lowest BCUT2D eigenvalue weighted by molar-refractivity contribution is -0.117. The average Bonchev–Trinajstić information content (AvgIpc) is 2.90. The summed E-state index contributed by atoms with van der Waals surface area (Å²) in [6.07, 6.45) is 1.89. The Morgan fingerprint density at radius 2 is 2.19 bits per heavy atom. The molecular weight excluding hydrogens is 306 g/mol. The van der Waals surface area contributed by atoms with E-state index in [-0.39, 0.29) is 16.3 Å². The van der Waals surface area contributed by atoms with Crippen LogP contribution >= 0.6 is 23.1 Å². The van der Waals surface area contributed by atoms with Crippen LogP contribution in [0.4, 0.5) is 5.82 Å². The number of nitrogens with zero attached hydrogens (tertiary/aromatic N) is 3. The van der Waals surface area contributed by atoms with Crippen LogP contribution in [0.25, 0.3) is 10.2 Å². The highest BCUT2D eigenvalue weighted by atomic mass is 32.2. The van der Waals surface area contributed by atoms with Crippen LogP contribution in [0.2, 0.25) is 0 Å². The first-order valence-corrected chi connectivity index (χ1v) is 8.35. The van der Waals surface area contributed by atoms with Gasteiger partial charge < -0.3 is 0 Å². The van der Waals surface area contributed by atoms with Gasteiger partial charge in [0, 0.05) is 30.0 Å². The van der Waals surface area contributed by atoms with Crippen LogP contribution in [-0.4, -0.2) is 32.8 Å². The van der Waals surface area contributed by atoms with Gasteiger partial charge >= 0.3 is 0 Å². The van der Waals surface area contributed by atoms with Crippen LogP contribution in [0.3, 0.4) is 0 Å². The summed E-state index contributed by atoms with van der Waals surface area (Å²) in [5.41, 5.74) is 1.13. The Kier molecular flexibility index (Phi) is 3.71. The fourth-order valence-electron chi connectivity index (χ4n) is 2.56. The molecule has 21 heavy (non-hydrogen) atoms. The van der Waals surface area contributed by atoms with E-state index in [0.717, 1.165) is 15.8 Å². The van der Waals surface area contributed by atoms with Crippen molar-refractivity contribution in [2.75, 3.05) is 11.4 Å². The largest absolute Gasteiger partial charge is 0.295 e. The summed E-state index contributed by atoms with van der Waals surface area (Å²) in [7, 11) is 0. The summed E-state index contributed by atoms with van der Waals surface area (Å²) < 4.78 is 0. The highest BCUT2D eigenvalue weighted by Crippen LogP contribution is 2.37. The third kappa shape index (κ3) is 2.55. The van der Waals surface area contributed by atoms with Crippen molar-refractivity contribution >= 4 is 50.2 Å². The SMILES string of the molecule is CC(=O)SC1CC(=O)N(c2ncnc3sc(C)c(C)c23)C1. The number of carbonyl (C=O) groups excluding carboxylic acids is 2. The molecule has 7 heteroatoms. The zero-order valence-corrected chi connectivity index (χ0v) is 13.7. The summed E-state index contributed by atoms with van der Waals surface area (Å²) in [6.45, 7) is 6.14. The van der Waals surface area contributed by atoms with Gasteiger partial charge in [-0.1, -0.05) is 11.8 Å². The third-order valence-corrected chi connectivity index (χ3v) is 5.72. The molecule has 1 amide bonds. The van der Waals surface area contributed by atoms with Gasteiger partial charge in [-0.05, 0) is 19.4 Å². The Labute approximate surface area is 130 Å². The second kappa shape index (κ2) is 5.38. The maximum absolute atomic E-state index is 12.3. The van der Waals surface area contributed by atoms with Crippen LogP contribution in [0.15, 0.2) is 6.33 Å². The van der Waals surface area contributed by atoms with Gasteiger partial charge in [-0.15, -0.1) is 11.3 Å². The predicted molar refractivity (Wildman–Crippen MR) is 85.9 cm³/mol. The van der Waals surface area contributed by atoms with Crippen molar-refractivity contribution in [3.63, 3.8) is 0 Å². The Bertz CT molecular complexity index is 741. The molecule has 1 unspecified atom stereocenters. The fraction of sp³-hybridized carbons (Fsp3) is 0.429. The van der Waals surface area contributed by atoms with E-state index < -0.39 is 0 Å². The Morgan fingerprint density at radius 1 is 1.43 bits per heavy atom. The van der Waals surface area contributed by atoms with Crippen molar-refractivity contribution in [2.24, 2.45) is 0 Å². The maximum Gasteiger partial charge on any atom is 0.229 e. The van der Waals surface area contributed by atoms with Gasteiger partial charge in [0.2, 0.25) is 5.91 Å². The van der Waals surface area contributed by atoms with Crippen molar-refractivity contribution in [3.05, 3.63) is 16.8 Å². The van der Waals surface area contributed by atoms with Gasteiger partial charge in [0.25, 0.3) is 0 Å². The molecule has 5 nitrogen and oxygen atoms in total. The molecule has 0 bridgehead atoms. The van der Waals surface area contributed by atoms with E-state index in [2.05, 4.69) is 9.97 Å². The molecule has 1 aliphatic rings. The molecule has 0 radical (unpaired) electrons. The van der Waals surface area contributed by atoms with Crippen molar-refractivity contribution in [3.8, 4) is 0 Å². The summed E-state index contributed by atoms with van der Waals surface area (Å²) >= 11 is 2.85. The lowest BCUT2D eigenvalue weighted by Gasteiger charge is -2.16. The van der Waals surface area contributed by atoms with Gasteiger partial charge in [-0.2, -0.15) is 0 Å². The first kappa shape index (κ1) is 14.5. The standard InChI is InChI=1S/C14H15N3O2S2/c1-7-8(2)20-14-12(7)13(15-6-16-14)17-5-10(4-11(17)19)21-9(3)18/h6,10H,4-5H2,1-3H3. The van der Waals surface area contributed by atoms with Crippen molar-refractivity contribution in [1.29, 1.82) is 0 Å². The third-order valence-electron chi connectivity index (χ3n) is 3.62. The molecule has 0 aliphatic carbocycles. The number of thiophene rings is 1. The van der Waals surface area contributed by atoms with Gasteiger partial charge in [0.05, 0.1) is 5.39 Å². The van der Waals surface area contributed by atoms with E-state index in [1.54, 1.807) is 16.2 Å². The highest BCUT2D eigenvalue weighted by Gasteiger charge is 2.34. The zero-order chi connectivity index (χ0) is 15.1. The minimum absolute atomic E-state index is 0.0139. The summed E-state index contributed by atoms with van der Waals surface area (Å²) in [4.78, 5) is 35.9. The molecule has 1 fully saturated rings. The molecule has 0 saturated carbocycles. The number of fused-ring (bicyclic) bond motifs is 1. The Morgan fingerprint density at radius 3 is 2.90 bits per heavy atom. The van der Waals surface area contributed by atoms with E-state index in [9.17, 15) is 9.59 Å². The molecule has 1 aliphatic heterocycles. The normalized spacial score (nSPS) is 18.7. The smallest absolute Gasteiger partial charge is 0.229 e. The number of carbonyl (C=O) groups is 2. The Hall–Kier alpha value is -1.47. The first-order valence-electron chi connectivity index (χ1n) is 6.65. The molecule has 3 heterocycles. The quantitative estimate of drug-likeness (QED) is 0.851. The zero-order valence-electron chi connectivity index (χ0n) is 12.0. The number of thioether (sulfide) groups is 1. The van der Waals surface area contributed by atoms with Gasteiger partial charge in [-0.3, -0.25) is 14.5 Å². The van der Waals surface area contributed by atoms with Crippen LogP contribution < -0.4 is 4.90 Å². The number of hydrogen-bond donors (Lipinski definition) is 0. The molecule has 0 N–H and O–H groups in total. The number of rotatable bonds is 2. The Balaban J connectivity index is 2.01. The number of aryl methyl sites for hydroxylation is 2. The average molecular weight is 321 g/mol. The van der Waals surface area contributed by atoms with Gasteiger partial charge in [-0.25, -0.2) is 9.97 Å². The van der Waals surface area contributed by atoms with Crippen LogP contribution in [0.5, 0.6) is 0 Å². The van der Waals surface area contributed by atoms with E-state index in [1.807, 2.05) is 13.8 Å². The minimum Gasteiger partial charge on any atom is -0.295 e. The van der Waals surface area contributed by atoms with E-state index in [0.29, 0.717) is 18.8 Å². The van der Waals surface area contributed by atoms with E-state index in [4.69, 9.17) is 0 Å². The van der Waals surface area contributed by atoms with Crippen LogP contribution in [0, 0.1) is 13.8 Å². The fourth-order valence-corrected chi connectivity index (χ4v) is 4.47. The van der Waals surface area contributed by atoms with Crippen molar-refractivity contribution < 1.29 is 9.59 Å². The molecule has 1 saturated heterocycles. The lowest BCUT2D eigenvalue weighted by Crippen LogP contribution is -2.26.